The number of aromatic nitrogens is 2. The van der Waals surface area contributed by atoms with Crippen molar-refractivity contribution in [3.8, 4) is 16.3 Å². The minimum atomic E-state index is -0.518. The Balaban J connectivity index is 1.56. The van der Waals surface area contributed by atoms with Gasteiger partial charge in [0.05, 0.1) is 21.7 Å². The highest BCUT2D eigenvalue weighted by Crippen LogP contribution is 2.26. The number of nitro benzene ring substituents is 1. The first-order valence-corrected chi connectivity index (χ1v) is 9.76. The summed E-state index contributed by atoms with van der Waals surface area (Å²) >= 11 is 1.56. The molecule has 2 aromatic heterocycles. The molecule has 8 nitrogen and oxygen atoms in total. The molecule has 0 radical (unpaired) electrons. The zero-order valence-electron chi connectivity index (χ0n) is 15.5. The van der Waals surface area contributed by atoms with Crippen LogP contribution in [0, 0.1) is 10.1 Å². The van der Waals surface area contributed by atoms with Crippen molar-refractivity contribution in [3.05, 3.63) is 99.5 Å². The number of benzene rings is 2. The van der Waals surface area contributed by atoms with Crippen molar-refractivity contribution < 1.29 is 9.72 Å². The van der Waals surface area contributed by atoms with Gasteiger partial charge < -0.3 is 0 Å². The molecule has 9 heteroatoms. The summed E-state index contributed by atoms with van der Waals surface area (Å²) in [6, 6.07) is 18.9. The minimum absolute atomic E-state index is 0.0797. The number of carbonyl (C=O) groups is 1. The first kappa shape index (κ1) is 19.2. The molecular formula is C21H15N5O3S. The maximum atomic E-state index is 12.2. The summed E-state index contributed by atoms with van der Waals surface area (Å²) in [5.74, 6) is -0.464. The van der Waals surface area contributed by atoms with Gasteiger partial charge in [-0.05, 0) is 35.7 Å². The third kappa shape index (κ3) is 4.15. The first-order chi connectivity index (χ1) is 14.6. The van der Waals surface area contributed by atoms with E-state index in [1.807, 2.05) is 54.0 Å². The molecule has 0 aliphatic rings. The predicted octanol–water partition coefficient (Wildman–Crippen LogP) is 4.27. The average Bonchev–Trinajstić information content (AvgIpc) is 3.44. The highest BCUT2D eigenvalue weighted by atomic mass is 32.1. The lowest BCUT2D eigenvalue weighted by Crippen LogP contribution is -2.17. The zero-order chi connectivity index (χ0) is 20.9. The number of hydrogen-bond donors (Lipinski definition) is 1. The number of nitrogens with one attached hydrogen (secondary N) is 1. The van der Waals surface area contributed by atoms with Crippen LogP contribution in [0.3, 0.4) is 0 Å². The molecule has 148 valence electrons. The van der Waals surface area contributed by atoms with E-state index in [-0.39, 0.29) is 11.3 Å². The van der Waals surface area contributed by atoms with Crippen LogP contribution < -0.4 is 5.43 Å². The molecule has 1 amide bonds. The molecule has 0 aliphatic carbocycles. The quantitative estimate of drug-likeness (QED) is 0.287. The number of nitro groups is 1. The lowest BCUT2D eigenvalue weighted by atomic mass is 10.2. The summed E-state index contributed by atoms with van der Waals surface area (Å²) < 4.78 is 1.76. The van der Waals surface area contributed by atoms with Crippen LogP contribution in [0.25, 0.3) is 16.3 Å². The summed E-state index contributed by atoms with van der Waals surface area (Å²) in [5.41, 5.74) is 5.04. The molecule has 0 saturated carbocycles. The molecule has 0 unspecified atom stereocenters. The van der Waals surface area contributed by atoms with E-state index in [4.69, 9.17) is 0 Å². The molecular weight excluding hydrogens is 402 g/mol. The van der Waals surface area contributed by atoms with Gasteiger partial charge in [0, 0.05) is 29.5 Å². The van der Waals surface area contributed by atoms with Crippen molar-refractivity contribution in [1.82, 2.24) is 15.2 Å². The maximum absolute atomic E-state index is 12.2. The Bertz CT molecular complexity index is 1200. The van der Waals surface area contributed by atoms with Crippen molar-refractivity contribution in [2.45, 2.75) is 0 Å². The van der Waals surface area contributed by atoms with E-state index in [2.05, 4.69) is 15.6 Å². The van der Waals surface area contributed by atoms with Crippen molar-refractivity contribution in [3.63, 3.8) is 0 Å². The van der Waals surface area contributed by atoms with E-state index in [0.717, 1.165) is 21.8 Å². The Morgan fingerprint density at radius 2 is 1.87 bits per heavy atom. The van der Waals surface area contributed by atoms with E-state index in [0.29, 0.717) is 0 Å². The molecule has 0 aliphatic heterocycles. The number of carbonyl (C=O) groups excluding carboxylic acids is 1. The summed E-state index contributed by atoms with van der Waals surface area (Å²) in [4.78, 5) is 23.4. The largest absolute Gasteiger partial charge is 0.271 e. The zero-order valence-corrected chi connectivity index (χ0v) is 16.3. The topological polar surface area (TPSA) is 102 Å². The summed E-state index contributed by atoms with van der Waals surface area (Å²) in [6.45, 7) is 0. The third-order valence-electron chi connectivity index (χ3n) is 4.23. The number of hydrazone groups is 1. The predicted molar refractivity (Wildman–Crippen MR) is 115 cm³/mol. The van der Waals surface area contributed by atoms with Crippen molar-refractivity contribution in [2.24, 2.45) is 5.10 Å². The van der Waals surface area contributed by atoms with Crippen molar-refractivity contribution in [1.29, 1.82) is 0 Å². The van der Waals surface area contributed by atoms with E-state index in [1.165, 1.54) is 30.5 Å². The lowest BCUT2D eigenvalue weighted by molar-refractivity contribution is -0.384. The molecule has 0 bridgehead atoms. The van der Waals surface area contributed by atoms with Gasteiger partial charge >= 0.3 is 0 Å². The van der Waals surface area contributed by atoms with Crippen LogP contribution in [0.4, 0.5) is 5.69 Å². The van der Waals surface area contributed by atoms with Gasteiger partial charge in [0.25, 0.3) is 11.6 Å². The Morgan fingerprint density at radius 3 is 2.53 bits per heavy atom. The number of non-ortho nitro benzene ring substituents is 1. The molecule has 2 heterocycles. The molecule has 0 saturated heterocycles. The minimum Gasteiger partial charge on any atom is -0.267 e. The number of rotatable bonds is 6. The lowest BCUT2D eigenvalue weighted by Gasteiger charge is -1.99. The van der Waals surface area contributed by atoms with E-state index >= 15 is 0 Å². The third-order valence-corrected chi connectivity index (χ3v) is 5.10. The molecule has 0 fully saturated rings. The molecule has 0 spiro atoms. The average molecular weight is 417 g/mol. The van der Waals surface area contributed by atoms with Crippen LogP contribution in [-0.2, 0) is 0 Å². The Hall–Kier alpha value is -4.11. The molecule has 4 aromatic rings. The monoisotopic (exact) mass is 417 g/mol. The normalized spacial score (nSPS) is 10.9. The van der Waals surface area contributed by atoms with Gasteiger partial charge in [-0.2, -0.15) is 10.2 Å². The number of nitrogens with zero attached hydrogens (tertiary/aromatic N) is 4. The van der Waals surface area contributed by atoms with Crippen LogP contribution in [0.1, 0.15) is 15.9 Å². The number of para-hydroxylation sites is 1. The molecule has 4 rings (SSSR count). The molecule has 30 heavy (non-hydrogen) atoms. The number of thiophene rings is 1. The van der Waals surface area contributed by atoms with E-state index in [9.17, 15) is 14.9 Å². The van der Waals surface area contributed by atoms with Gasteiger partial charge in [0.1, 0.15) is 5.69 Å². The smallest absolute Gasteiger partial charge is 0.267 e. The Labute approximate surface area is 175 Å². The van der Waals surface area contributed by atoms with Crippen molar-refractivity contribution >= 4 is 29.1 Å². The fourth-order valence-electron chi connectivity index (χ4n) is 2.76. The van der Waals surface area contributed by atoms with Gasteiger partial charge in [-0.15, -0.1) is 11.3 Å². The van der Waals surface area contributed by atoms with E-state index in [1.54, 1.807) is 16.0 Å². The molecule has 1 N–H and O–H groups in total. The van der Waals surface area contributed by atoms with Gasteiger partial charge in [0.15, 0.2) is 0 Å². The highest BCUT2D eigenvalue weighted by molar-refractivity contribution is 7.13. The van der Waals surface area contributed by atoms with Crippen molar-refractivity contribution in [2.75, 3.05) is 0 Å². The second-order valence-electron chi connectivity index (χ2n) is 6.19. The number of hydrogen-bond acceptors (Lipinski definition) is 6. The van der Waals surface area contributed by atoms with Crippen LogP contribution in [0.15, 0.2) is 83.4 Å². The van der Waals surface area contributed by atoms with Crippen LogP contribution in [-0.4, -0.2) is 26.8 Å². The van der Waals surface area contributed by atoms with Crippen LogP contribution in [0.5, 0.6) is 0 Å². The summed E-state index contributed by atoms with van der Waals surface area (Å²) in [7, 11) is 0. The Morgan fingerprint density at radius 1 is 1.10 bits per heavy atom. The second-order valence-corrected chi connectivity index (χ2v) is 7.14. The SMILES string of the molecule is O=C(N/N=C\c1cn(-c2ccccc2)nc1-c1cccs1)c1ccc([N+](=O)[O-])cc1. The van der Waals surface area contributed by atoms with Gasteiger partial charge in [-0.1, -0.05) is 24.3 Å². The fraction of sp³-hybridized carbons (Fsp3) is 0. The van der Waals surface area contributed by atoms with Crippen LogP contribution >= 0.6 is 11.3 Å². The first-order valence-electron chi connectivity index (χ1n) is 8.88. The molecule has 0 atom stereocenters. The van der Waals surface area contributed by atoms with Gasteiger partial charge in [-0.3, -0.25) is 14.9 Å². The maximum Gasteiger partial charge on any atom is 0.271 e. The Kier molecular flexibility index (Phi) is 5.44. The summed E-state index contributed by atoms with van der Waals surface area (Å²) in [6.07, 6.45) is 3.37. The fourth-order valence-corrected chi connectivity index (χ4v) is 3.49. The second kappa shape index (κ2) is 8.50. The van der Waals surface area contributed by atoms with Crippen LogP contribution in [0.2, 0.25) is 0 Å². The van der Waals surface area contributed by atoms with E-state index < -0.39 is 10.8 Å². The highest BCUT2D eigenvalue weighted by Gasteiger charge is 2.12. The standard InChI is InChI=1S/C21H15N5O3S/c27-21(15-8-10-18(11-9-15)26(28)29)23-22-13-16-14-25(17-5-2-1-3-6-17)24-20(16)19-7-4-12-30-19/h1-14H,(H,23,27)/b22-13-. The molecule has 2 aromatic carbocycles. The number of amides is 1. The summed E-state index contributed by atoms with van der Waals surface area (Å²) in [5, 5.41) is 21.4. The van der Waals surface area contributed by atoms with Gasteiger partial charge in [-0.25, -0.2) is 10.1 Å². The van der Waals surface area contributed by atoms with Gasteiger partial charge in [0.2, 0.25) is 0 Å².